The van der Waals surface area contributed by atoms with Crippen LogP contribution in [-0.2, 0) is 0 Å². The van der Waals surface area contributed by atoms with Crippen molar-refractivity contribution in [2.75, 3.05) is 0 Å². The molecule has 9 aromatic carbocycles. The molecule has 0 saturated heterocycles. The van der Waals surface area contributed by atoms with E-state index in [0.717, 1.165) is 37.6 Å². The van der Waals surface area contributed by atoms with Gasteiger partial charge in [-0.1, -0.05) is 145 Å². The lowest BCUT2D eigenvalue weighted by Gasteiger charge is -2.10. The third kappa shape index (κ3) is 5.69. The van der Waals surface area contributed by atoms with Crippen molar-refractivity contribution in [2.24, 2.45) is 0 Å². The topological polar surface area (TPSA) is 69.9 Å². The molecule has 0 aliphatic heterocycles. The van der Waals surface area contributed by atoms with Gasteiger partial charge in [0.2, 0.25) is 0 Å². The van der Waals surface area contributed by atoms with Crippen LogP contribution in [0.1, 0.15) is 16.4 Å². The molecule has 0 unspecified atom stereocenters. The predicted molar refractivity (Wildman–Crippen MR) is 256 cm³/mol. The average molecular weight is 819 g/mol. The van der Waals surface area contributed by atoms with Crippen LogP contribution in [-0.4, -0.2) is 19.5 Å². The predicted octanol–water partition coefficient (Wildman–Crippen LogP) is 15.1. The van der Waals surface area contributed by atoms with Crippen LogP contribution in [0.4, 0.5) is 0 Å². The zero-order chi connectivity index (χ0) is 51.9. The fraction of sp³-hybridized carbons (Fsp3) is 0. The molecule has 4 heterocycles. The summed E-state index contributed by atoms with van der Waals surface area (Å²) in [6.07, 6.45) is 0. The number of nitrogens with zero attached hydrogens (tertiary/aromatic N) is 4. The summed E-state index contributed by atoms with van der Waals surface area (Å²) in [5.41, 5.74) is 5.82. The number of fused-ring (bicyclic) bond motifs is 9. The molecule has 63 heavy (non-hydrogen) atoms. The zero-order valence-electron chi connectivity index (χ0n) is 44.8. The van der Waals surface area contributed by atoms with Gasteiger partial charge in [-0.3, -0.25) is 0 Å². The second kappa shape index (κ2) is 14.0. The molecule has 13 rings (SSSR count). The second-order valence-corrected chi connectivity index (χ2v) is 15.0. The maximum Gasteiger partial charge on any atom is 0.164 e. The third-order valence-corrected chi connectivity index (χ3v) is 11.4. The number of furan rings is 2. The number of para-hydroxylation sites is 2. The Morgan fingerprint density at radius 3 is 1.81 bits per heavy atom. The standard InChI is InChI=1S/C57H34N4O2/c1-3-14-35(15-4-1)37-18-11-19-38(32-37)41-22-12-26-49-53(41)44-30-28-39(33-51(44)62-49)56-58-55(36-16-5-2-6-17-36)59-57(60-56)46-23-13-27-50-54(46)45-31-29-40(34-52(45)63-50)61-47-24-9-7-20-42(47)43-21-8-10-25-48(43)61/h1-34H/i7D,8D,9D,10D,13D,20D,21D,24D,25D,27D,29D,34D. The molecule has 0 aliphatic rings. The summed E-state index contributed by atoms with van der Waals surface area (Å²) >= 11 is 0. The Morgan fingerprint density at radius 2 is 1.02 bits per heavy atom. The Hall–Kier alpha value is -8.61. The Kier molecular flexibility index (Phi) is 5.60. The minimum Gasteiger partial charge on any atom is -0.456 e. The van der Waals surface area contributed by atoms with Gasteiger partial charge in [-0.15, -0.1) is 0 Å². The van der Waals surface area contributed by atoms with Gasteiger partial charge in [-0.25, -0.2) is 15.0 Å². The summed E-state index contributed by atoms with van der Waals surface area (Å²) < 4.78 is 121. The number of benzene rings is 9. The van der Waals surface area contributed by atoms with Crippen molar-refractivity contribution in [2.45, 2.75) is 0 Å². The largest absolute Gasteiger partial charge is 0.456 e. The molecule has 6 heteroatoms. The van der Waals surface area contributed by atoms with Crippen LogP contribution >= 0.6 is 0 Å². The summed E-state index contributed by atoms with van der Waals surface area (Å²) in [6, 6.07) is 36.0. The van der Waals surface area contributed by atoms with Gasteiger partial charge in [0, 0.05) is 60.7 Å². The van der Waals surface area contributed by atoms with Gasteiger partial charge in [0.25, 0.3) is 0 Å². The van der Waals surface area contributed by atoms with Crippen LogP contribution in [0.3, 0.4) is 0 Å². The van der Waals surface area contributed by atoms with Gasteiger partial charge in [-0.05, 0) is 76.8 Å². The molecule has 0 bridgehead atoms. The van der Waals surface area contributed by atoms with Crippen molar-refractivity contribution in [1.82, 2.24) is 19.5 Å². The summed E-state index contributed by atoms with van der Waals surface area (Å²) in [6.45, 7) is 0. The first-order valence-electron chi connectivity index (χ1n) is 26.1. The highest BCUT2D eigenvalue weighted by Crippen LogP contribution is 2.41. The summed E-state index contributed by atoms with van der Waals surface area (Å²) in [7, 11) is 0. The van der Waals surface area contributed by atoms with Crippen molar-refractivity contribution in [3.8, 4) is 62.1 Å². The van der Waals surface area contributed by atoms with Crippen LogP contribution in [0, 0.1) is 0 Å². The normalized spacial score (nSPS) is 14.5. The summed E-state index contributed by atoms with van der Waals surface area (Å²) in [5.74, 6) is 0.625. The fourth-order valence-corrected chi connectivity index (χ4v) is 8.55. The first-order valence-corrected chi connectivity index (χ1v) is 20.1. The van der Waals surface area contributed by atoms with E-state index < -0.39 is 54.4 Å². The van der Waals surface area contributed by atoms with Gasteiger partial charge in [0.05, 0.1) is 27.5 Å². The molecule has 0 spiro atoms. The van der Waals surface area contributed by atoms with Gasteiger partial charge < -0.3 is 13.4 Å². The number of aromatic nitrogens is 4. The monoisotopic (exact) mass is 818 g/mol. The lowest BCUT2D eigenvalue weighted by Crippen LogP contribution is -2.00. The Morgan fingerprint density at radius 1 is 0.381 bits per heavy atom. The highest BCUT2D eigenvalue weighted by atomic mass is 16.3. The van der Waals surface area contributed by atoms with Crippen molar-refractivity contribution < 1.29 is 25.3 Å². The van der Waals surface area contributed by atoms with E-state index in [4.69, 9.17) is 37.5 Å². The van der Waals surface area contributed by atoms with Crippen molar-refractivity contribution in [3.05, 3.63) is 206 Å². The smallest absolute Gasteiger partial charge is 0.164 e. The molecule has 0 saturated carbocycles. The molecule has 0 atom stereocenters. The van der Waals surface area contributed by atoms with Gasteiger partial charge >= 0.3 is 0 Å². The summed E-state index contributed by atoms with van der Waals surface area (Å²) in [4.78, 5) is 14.9. The lowest BCUT2D eigenvalue weighted by molar-refractivity contribution is 0.668. The average Bonchev–Trinajstić information content (AvgIpc) is 4.20. The van der Waals surface area contributed by atoms with E-state index in [1.54, 1.807) is 0 Å². The molecule has 0 radical (unpaired) electrons. The first-order chi connectivity index (χ1) is 36.2. The Balaban J connectivity index is 1.02. The molecule has 0 N–H and O–H groups in total. The minimum absolute atomic E-state index is 0.0851. The number of hydrogen-bond donors (Lipinski definition) is 0. The van der Waals surface area contributed by atoms with Crippen molar-refractivity contribution >= 4 is 65.7 Å². The highest BCUT2D eigenvalue weighted by Gasteiger charge is 2.21. The Bertz CT molecular complexity index is 4560. The van der Waals surface area contributed by atoms with E-state index in [9.17, 15) is 2.74 Å². The van der Waals surface area contributed by atoms with E-state index in [1.807, 2.05) is 84.9 Å². The zero-order valence-corrected chi connectivity index (χ0v) is 32.8. The second-order valence-electron chi connectivity index (χ2n) is 15.0. The fourth-order valence-electron chi connectivity index (χ4n) is 8.55. The van der Waals surface area contributed by atoms with Crippen LogP contribution in [0.15, 0.2) is 215 Å². The molecule has 4 aromatic heterocycles. The van der Waals surface area contributed by atoms with Crippen LogP contribution in [0.5, 0.6) is 0 Å². The SMILES string of the molecule is [2H]c1cc2c(oc3c([2H])c([2H])cc(-c4nc(-c5ccccc5)nc(-c5ccc6c(c5)oc5cccc(-c7cccc(-c8ccccc8)c7)c56)n4)c32)c([2H])c1-n1c2c([2H])c([2H])c([2H])c([2H])c2c2c([2H])c([2H])c([2H])c([2H])c21. The number of hydrogen-bond acceptors (Lipinski definition) is 5. The van der Waals surface area contributed by atoms with Gasteiger partial charge in [0.15, 0.2) is 17.5 Å². The molecule has 0 fully saturated rings. The van der Waals surface area contributed by atoms with Crippen LogP contribution in [0.2, 0.25) is 0 Å². The van der Waals surface area contributed by atoms with Crippen LogP contribution in [0.25, 0.3) is 128 Å². The van der Waals surface area contributed by atoms with Crippen molar-refractivity contribution in [3.63, 3.8) is 0 Å². The quantitative estimate of drug-likeness (QED) is 0.167. The molecule has 0 aliphatic carbocycles. The highest BCUT2D eigenvalue weighted by molar-refractivity contribution is 6.15. The molecule has 13 aromatic rings. The Labute approximate surface area is 377 Å². The minimum atomic E-state index is -0.653. The summed E-state index contributed by atoms with van der Waals surface area (Å²) in [5, 5.41) is 1.76. The molecule has 0 amide bonds. The maximum atomic E-state index is 9.71. The first kappa shape index (κ1) is 25.2. The van der Waals surface area contributed by atoms with E-state index in [2.05, 4.69) is 36.4 Å². The molecule has 6 nitrogen and oxygen atoms in total. The van der Waals surface area contributed by atoms with E-state index in [1.165, 1.54) is 12.1 Å². The lowest BCUT2D eigenvalue weighted by atomic mass is 9.96. The third-order valence-electron chi connectivity index (χ3n) is 11.4. The van der Waals surface area contributed by atoms with Gasteiger partial charge in [-0.2, -0.15) is 0 Å². The maximum absolute atomic E-state index is 9.71. The van der Waals surface area contributed by atoms with E-state index in [0.29, 0.717) is 22.3 Å². The number of rotatable bonds is 6. The van der Waals surface area contributed by atoms with Gasteiger partial charge in [0.1, 0.15) is 22.3 Å². The molecular formula is C57H34N4O2. The molecular weight excluding hydrogens is 773 g/mol. The van der Waals surface area contributed by atoms with E-state index >= 15 is 0 Å². The van der Waals surface area contributed by atoms with E-state index in [-0.39, 0.29) is 90.6 Å². The van der Waals surface area contributed by atoms with Crippen LogP contribution < -0.4 is 0 Å². The van der Waals surface area contributed by atoms with Crippen molar-refractivity contribution in [1.29, 1.82) is 0 Å². The molecule has 294 valence electrons.